The predicted molar refractivity (Wildman–Crippen MR) is 109 cm³/mol. The highest BCUT2D eigenvalue weighted by atomic mass is 16.5. The second-order valence-corrected chi connectivity index (χ2v) is 6.38. The Bertz CT molecular complexity index is 1110. The van der Waals surface area contributed by atoms with Crippen molar-refractivity contribution in [2.24, 2.45) is 0 Å². The van der Waals surface area contributed by atoms with Gasteiger partial charge in [0, 0.05) is 17.7 Å². The highest BCUT2D eigenvalue weighted by Gasteiger charge is 2.20. The summed E-state index contributed by atoms with van der Waals surface area (Å²) in [5.41, 5.74) is 1.51. The third kappa shape index (κ3) is 3.55. The molecule has 0 radical (unpaired) electrons. The van der Waals surface area contributed by atoms with E-state index in [0.29, 0.717) is 23.8 Å². The molecule has 138 valence electrons. The van der Waals surface area contributed by atoms with Crippen LogP contribution in [0.2, 0.25) is 0 Å². The summed E-state index contributed by atoms with van der Waals surface area (Å²) in [4.78, 5) is 19.3. The first-order valence-electron chi connectivity index (χ1n) is 9.02. The summed E-state index contributed by atoms with van der Waals surface area (Å²) >= 11 is 0. The van der Waals surface area contributed by atoms with Crippen molar-refractivity contribution < 1.29 is 9.32 Å². The van der Waals surface area contributed by atoms with Crippen molar-refractivity contribution >= 4 is 16.7 Å². The average Bonchev–Trinajstić information content (AvgIpc) is 3.22. The molecule has 1 aromatic heterocycles. The molecule has 0 unspecified atom stereocenters. The van der Waals surface area contributed by atoms with E-state index >= 15 is 0 Å². The number of nitrogens with zero attached hydrogens (tertiary/aromatic N) is 3. The van der Waals surface area contributed by atoms with Crippen molar-refractivity contribution in [2.75, 3.05) is 6.54 Å². The van der Waals surface area contributed by atoms with Crippen LogP contribution in [0.15, 0.2) is 90.0 Å². The first-order valence-corrected chi connectivity index (χ1v) is 9.02. The molecule has 4 rings (SSSR count). The number of hydrogen-bond donors (Lipinski definition) is 0. The summed E-state index contributed by atoms with van der Waals surface area (Å²) in [5, 5.41) is 5.97. The van der Waals surface area contributed by atoms with Crippen molar-refractivity contribution in [3.05, 3.63) is 96.9 Å². The molecule has 3 aromatic carbocycles. The Morgan fingerprint density at radius 1 is 1.00 bits per heavy atom. The van der Waals surface area contributed by atoms with Gasteiger partial charge in [0.15, 0.2) is 0 Å². The number of carbonyl (C=O) groups excluding carboxylic acids is 1. The van der Waals surface area contributed by atoms with Gasteiger partial charge in [-0.3, -0.25) is 4.79 Å². The van der Waals surface area contributed by atoms with Crippen LogP contribution in [0, 0.1) is 0 Å². The molecule has 1 amide bonds. The van der Waals surface area contributed by atoms with Gasteiger partial charge in [-0.05, 0) is 16.8 Å². The van der Waals surface area contributed by atoms with Crippen LogP contribution in [0.3, 0.4) is 0 Å². The van der Waals surface area contributed by atoms with E-state index in [-0.39, 0.29) is 12.5 Å². The van der Waals surface area contributed by atoms with Gasteiger partial charge >= 0.3 is 0 Å². The quantitative estimate of drug-likeness (QED) is 0.462. The van der Waals surface area contributed by atoms with Crippen LogP contribution in [0.5, 0.6) is 0 Å². The SMILES string of the molecule is C=CCN(Cc1nc(-c2ccccc2)no1)C(=O)c1cccc2ccccc12. The summed E-state index contributed by atoms with van der Waals surface area (Å²) in [5.74, 6) is 0.789. The molecule has 0 aliphatic heterocycles. The van der Waals surface area contributed by atoms with Crippen LogP contribution in [-0.2, 0) is 6.54 Å². The topological polar surface area (TPSA) is 59.2 Å². The summed E-state index contributed by atoms with van der Waals surface area (Å²) in [6.45, 7) is 4.37. The van der Waals surface area contributed by atoms with E-state index in [4.69, 9.17) is 4.52 Å². The average molecular weight is 369 g/mol. The summed E-state index contributed by atoms with van der Waals surface area (Å²) in [7, 11) is 0. The molecule has 0 N–H and O–H groups in total. The van der Waals surface area contributed by atoms with Crippen molar-refractivity contribution in [3.63, 3.8) is 0 Å². The zero-order valence-electron chi connectivity index (χ0n) is 15.3. The lowest BCUT2D eigenvalue weighted by atomic mass is 10.0. The van der Waals surface area contributed by atoms with Crippen LogP contribution in [0.25, 0.3) is 22.2 Å². The van der Waals surface area contributed by atoms with Crippen molar-refractivity contribution in [1.29, 1.82) is 0 Å². The maximum Gasteiger partial charge on any atom is 0.255 e. The zero-order chi connectivity index (χ0) is 19.3. The Labute approximate surface area is 162 Å². The second kappa shape index (κ2) is 7.88. The standard InChI is InChI=1S/C23H19N3O2/c1-2-15-26(16-21-24-22(25-28-21)18-10-4-3-5-11-18)23(27)20-14-8-12-17-9-6-7-13-19(17)20/h2-14H,1,15-16H2. The third-order valence-corrected chi connectivity index (χ3v) is 4.48. The summed E-state index contributed by atoms with van der Waals surface area (Å²) < 4.78 is 5.38. The number of rotatable bonds is 6. The molecule has 0 aliphatic rings. The molecule has 0 aliphatic carbocycles. The Morgan fingerprint density at radius 2 is 1.75 bits per heavy atom. The van der Waals surface area contributed by atoms with Crippen molar-refractivity contribution in [2.45, 2.75) is 6.54 Å². The van der Waals surface area contributed by atoms with Gasteiger partial charge in [0.25, 0.3) is 5.91 Å². The molecular formula is C23H19N3O2. The monoisotopic (exact) mass is 369 g/mol. The van der Waals surface area contributed by atoms with Gasteiger partial charge in [-0.1, -0.05) is 78.0 Å². The Morgan fingerprint density at radius 3 is 2.57 bits per heavy atom. The molecule has 0 spiro atoms. The van der Waals surface area contributed by atoms with Gasteiger partial charge in [-0.15, -0.1) is 6.58 Å². The molecule has 5 nitrogen and oxygen atoms in total. The van der Waals surface area contributed by atoms with Gasteiger partial charge in [-0.25, -0.2) is 0 Å². The molecule has 0 fully saturated rings. The second-order valence-electron chi connectivity index (χ2n) is 6.38. The molecule has 0 saturated carbocycles. The number of benzene rings is 3. The van der Waals surface area contributed by atoms with Gasteiger partial charge in [0.2, 0.25) is 11.7 Å². The number of amides is 1. The Balaban J connectivity index is 1.62. The lowest BCUT2D eigenvalue weighted by Crippen LogP contribution is -2.31. The van der Waals surface area contributed by atoms with Gasteiger partial charge in [0.05, 0.1) is 0 Å². The first kappa shape index (κ1) is 17.7. The van der Waals surface area contributed by atoms with Gasteiger partial charge in [-0.2, -0.15) is 4.98 Å². The summed E-state index contributed by atoms with van der Waals surface area (Å²) in [6.07, 6.45) is 1.69. The third-order valence-electron chi connectivity index (χ3n) is 4.48. The van der Waals surface area contributed by atoms with Crippen molar-refractivity contribution in [1.82, 2.24) is 15.0 Å². The molecule has 0 atom stereocenters. The highest BCUT2D eigenvalue weighted by Crippen LogP contribution is 2.21. The first-order chi connectivity index (χ1) is 13.8. The number of aromatic nitrogens is 2. The van der Waals surface area contributed by atoms with Gasteiger partial charge < -0.3 is 9.42 Å². The molecule has 28 heavy (non-hydrogen) atoms. The van der Waals surface area contributed by atoms with E-state index in [1.807, 2.05) is 72.8 Å². The molecule has 1 heterocycles. The van der Waals surface area contributed by atoms with Crippen LogP contribution >= 0.6 is 0 Å². The minimum absolute atomic E-state index is 0.101. The normalized spacial score (nSPS) is 10.7. The molecule has 0 saturated heterocycles. The fourth-order valence-corrected chi connectivity index (χ4v) is 3.14. The van der Waals surface area contributed by atoms with E-state index in [2.05, 4.69) is 16.7 Å². The molecule has 5 heteroatoms. The maximum atomic E-state index is 13.2. The lowest BCUT2D eigenvalue weighted by molar-refractivity contribution is 0.0747. The largest absolute Gasteiger partial charge is 0.337 e. The summed E-state index contributed by atoms with van der Waals surface area (Å²) in [6, 6.07) is 23.2. The molecule has 0 bridgehead atoms. The van der Waals surface area contributed by atoms with E-state index in [9.17, 15) is 4.79 Å². The van der Waals surface area contributed by atoms with Crippen LogP contribution in [0.4, 0.5) is 0 Å². The predicted octanol–water partition coefficient (Wildman–Crippen LogP) is 4.72. The van der Waals surface area contributed by atoms with E-state index in [0.717, 1.165) is 16.3 Å². The van der Waals surface area contributed by atoms with E-state index in [1.165, 1.54) is 0 Å². The minimum atomic E-state index is -0.101. The van der Waals surface area contributed by atoms with E-state index < -0.39 is 0 Å². The fraction of sp³-hybridized carbons (Fsp3) is 0.0870. The van der Waals surface area contributed by atoms with Crippen LogP contribution in [0.1, 0.15) is 16.2 Å². The lowest BCUT2D eigenvalue weighted by Gasteiger charge is -2.20. The maximum absolute atomic E-state index is 13.2. The van der Waals surface area contributed by atoms with Crippen molar-refractivity contribution in [3.8, 4) is 11.4 Å². The molecular weight excluding hydrogens is 350 g/mol. The Hall–Kier alpha value is -3.73. The van der Waals surface area contributed by atoms with Crippen LogP contribution < -0.4 is 0 Å². The van der Waals surface area contributed by atoms with Gasteiger partial charge in [0.1, 0.15) is 6.54 Å². The fourth-order valence-electron chi connectivity index (χ4n) is 3.14. The minimum Gasteiger partial charge on any atom is -0.337 e. The number of carbonyl (C=O) groups is 1. The van der Waals surface area contributed by atoms with Crippen LogP contribution in [-0.4, -0.2) is 27.5 Å². The zero-order valence-corrected chi connectivity index (χ0v) is 15.3. The Kier molecular flexibility index (Phi) is 4.97. The number of hydrogen-bond acceptors (Lipinski definition) is 4. The highest BCUT2D eigenvalue weighted by molar-refractivity contribution is 6.07. The van der Waals surface area contributed by atoms with E-state index in [1.54, 1.807) is 11.0 Å². The molecule has 4 aromatic rings. The smallest absolute Gasteiger partial charge is 0.255 e. The number of fused-ring (bicyclic) bond motifs is 1.